The van der Waals surface area contributed by atoms with Gasteiger partial charge in [-0.05, 0) is 50.1 Å². The Bertz CT molecular complexity index is 436. The Morgan fingerprint density at radius 2 is 2.24 bits per heavy atom. The lowest BCUT2D eigenvalue weighted by molar-refractivity contribution is 0.0773. The Balaban J connectivity index is 2.26. The van der Waals surface area contributed by atoms with Crippen molar-refractivity contribution in [1.29, 1.82) is 0 Å². The number of ketones is 1. The van der Waals surface area contributed by atoms with E-state index < -0.39 is 0 Å². The molecule has 0 saturated carbocycles. The van der Waals surface area contributed by atoms with Gasteiger partial charge in [-0.1, -0.05) is 6.92 Å². The highest BCUT2D eigenvalue weighted by molar-refractivity contribution is 6.00. The number of piperidine rings is 1. The molecule has 1 fully saturated rings. The number of rotatable bonds is 2. The highest BCUT2D eigenvalue weighted by Crippen LogP contribution is 2.30. The summed E-state index contributed by atoms with van der Waals surface area (Å²) < 4.78 is 13.2. The number of aryl methyl sites for hydroxylation is 1. The fourth-order valence-electron chi connectivity index (χ4n) is 2.38. The smallest absolute Gasteiger partial charge is 0.170 e. The summed E-state index contributed by atoms with van der Waals surface area (Å²) in [4.78, 5) is 12.4. The van der Waals surface area contributed by atoms with E-state index in [9.17, 15) is 9.18 Å². The van der Waals surface area contributed by atoms with E-state index in [0.29, 0.717) is 17.7 Å². The number of carbonyl (C=O) groups is 1. The van der Waals surface area contributed by atoms with Crippen LogP contribution in [0.25, 0.3) is 0 Å². The molecule has 1 heterocycles. The molecule has 2 rings (SSSR count). The standard InChI is InChI=1S/C14H18FNO/c1-10-8-11(4-5-12(10)15)13(17)14(2)6-3-7-16-9-14/h4-5,8,16H,3,6-7,9H2,1-2H3. The molecule has 0 aliphatic carbocycles. The van der Waals surface area contributed by atoms with Crippen LogP contribution >= 0.6 is 0 Å². The van der Waals surface area contributed by atoms with Gasteiger partial charge in [0, 0.05) is 17.5 Å². The zero-order valence-corrected chi connectivity index (χ0v) is 10.3. The van der Waals surface area contributed by atoms with E-state index in [4.69, 9.17) is 0 Å². The lowest BCUT2D eigenvalue weighted by atomic mass is 9.76. The van der Waals surface area contributed by atoms with Crippen molar-refractivity contribution in [3.05, 3.63) is 35.1 Å². The summed E-state index contributed by atoms with van der Waals surface area (Å²) in [5, 5.41) is 3.26. The highest BCUT2D eigenvalue weighted by atomic mass is 19.1. The first-order valence-electron chi connectivity index (χ1n) is 6.05. The molecule has 0 radical (unpaired) electrons. The van der Waals surface area contributed by atoms with Gasteiger partial charge in [0.1, 0.15) is 5.82 Å². The molecular weight excluding hydrogens is 217 g/mol. The van der Waals surface area contributed by atoms with Crippen molar-refractivity contribution >= 4 is 5.78 Å². The second kappa shape index (κ2) is 4.57. The molecule has 1 unspecified atom stereocenters. The van der Waals surface area contributed by atoms with Crippen LogP contribution in [0.15, 0.2) is 18.2 Å². The van der Waals surface area contributed by atoms with E-state index in [0.717, 1.165) is 19.4 Å². The Hall–Kier alpha value is -1.22. The van der Waals surface area contributed by atoms with Gasteiger partial charge in [0.05, 0.1) is 0 Å². The van der Waals surface area contributed by atoms with Gasteiger partial charge < -0.3 is 5.32 Å². The van der Waals surface area contributed by atoms with Gasteiger partial charge in [0.2, 0.25) is 0 Å². The molecule has 1 aliphatic rings. The van der Waals surface area contributed by atoms with Crippen LogP contribution in [0.3, 0.4) is 0 Å². The van der Waals surface area contributed by atoms with E-state index in [-0.39, 0.29) is 17.0 Å². The minimum Gasteiger partial charge on any atom is -0.316 e. The molecule has 1 N–H and O–H groups in total. The first kappa shape index (κ1) is 12.2. The van der Waals surface area contributed by atoms with Gasteiger partial charge in [-0.2, -0.15) is 0 Å². The molecule has 0 bridgehead atoms. The largest absolute Gasteiger partial charge is 0.316 e. The first-order chi connectivity index (χ1) is 8.03. The van der Waals surface area contributed by atoms with Crippen LogP contribution < -0.4 is 5.32 Å². The quantitative estimate of drug-likeness (QED) is 0.798. The van der Waals surface area contributed by atoms with Crippen molar-refractivity contribution in [2.24, 2.45) is 5.41 Å². The van der Waals surface area contributed by atoms with Gasteiger partial charge >= 0.3 is 0 Å². The van der Waals surface area contributed by atoms with E-state index in [1.807, 2.05) is 6.92 Å². The van der Waals surface area contributed by atoms with E-state index in [1.54, 1.807) is 19.1 Å². The molecule has 17 heavy (non-hydrogen) atoms. The Labute approximate surface area is 101 Å². The maximum Gasteiger partial charge on any atom is 0.170 e. The van der Waals surface area contributed by atoms with Crippen molar-refractivity contribution in [3.8, 4) is 0 Å². The van der Waals surface area contributed by atoms with Crippen molar-refractivity contribution in [2.45, 2.75) is 26.7 Å². The second-order valence-electron chi connectivity index (χ2n) is 5.13. The number of hydrogen-bond acceptors (Lipinski definition) is 2. The minimum atomic E-state index is -0.345. The number of benzene rings is 1. The fourth-order valence-corrected chi connectivity index (χ4v) is 2.38. The average Bonchev–Trinajstić information content (AvgIpc) is 2.33. The summed E-state index contributed by atoms with van der Waals surface area (Å²) >= 11 is 0. The molecule has 1 aromatic rings. The number of nitrogens with one attached hydrogen (secondary N) is 1. The molecule has 1 saturated heterocycles. The van der Waals surface area contributed by atoms with Crippen LogP contribution in [0.5, 0.6) is 0 Å². The first-order valence-corrected chi connectivity index (χ1v) is 6.05. The van der Waals surface area contributed by atoms with Crippen LogP contribution in [0.1, 0.15) is 35.7 Å². The summed E-state index contributed by atoms with van der Waals surface area (Å²) in [6, 6.07) is 4.62. The average molecular weight is 235 g/mol. The molecule has 0 aromatic heterocycles. The molecule has 1 aliphatic heterocycles. The normalized spacial score (nSPS) is 24.6. The van der Waals surface area contributed by atoms with Gasteiger partial charge in [-0.25, -0.2) is 4.39 Å². The Morgan fingerprint density at radius 3 is 2.82 bits per heavy atom. The van der Waals surface area contributed by atoms with Gasteiger partial charge in [0.25, 0.3) is 0 Å². The van der Waals surface area contributed by atoms with E-state index >= 15 is 0 Å². The van der Waals surface area contributed by atoms with Crippen molar-refractivity contribution < 1.29 is 9.18 Å². The summed E-state index contributed by atoms with van der Waals surface area (Å²) in [6.45, 7) is 5.36. The molecule has 0 amide bonds. The topological polar surface area (TPSA) is 29.1 Å². The second-order valence-corrected chi connectivity index (χ2v) is 5.13. The SMILES string of the molecule is Cc1cc(C(=O)C2(C)CCCNC2)ccc1F. The maximum absolute atomic E-state index is 13.2. The number of hydrogen-bond donors (Lipinski definition) is 1. The lowest BCUT2D eigenvalue weighted by Crippen LogP contribution is -2.43. The zero-order valence-electron chi connectivity index (χ0n) is 10.3. The predicted octanol–water partition coefficient (Wildman–Crippen LogP) is 2.71. The van der Waals surface area contributed by atoms with Gasteiger partial charge in [0.15, 0.2) is 5.78 Å². The number of Topliss-reactive ketones (excluding diaryl/α,β-unsaturated/α-hetero) is 1. The number of carbonyl (C=O) groups excluding carboxylic acids is 1. The molecule has 1 atom stereocenters. The van der Waals surface area contributed by atoms with Crippen LogP contribution in [0, 0.1) is 18.2 Å². The third-order valence-corrected chi connectivity index (χ3v) is 3.57. The monoisotopic (exact) mass is 235 g/mol. The van der Waals surface area contributed by atoms with E-state index in [1.165, 1.54) is 6.07 Å². The molecule has 2 nitrogen and oxygen atoms in total. The van der Waals surface area contributed by atoms with Crippen LogP contribution in [0.4, 0.5) is 4.39 Å². The Morgan fingerprint density at radius 1 is 1.47 bits per heavy atom. The van der Waals surface area contributed by atoms with Crippen molar-refractivity contribution in [3.63, 3.8) is 0 Å². The van der Waals surface area contributed by atoms with E-state index in [2.05, 4.69) is 5.32 Å². The molecule has 0 spiro atoms. The predicted molar refractivity (Wildman–Crippen MR) is 65.7 cm³/mol. The molecular formula is C14H18FNO. The molecule has 3 heteroatoms. The fraction of sp³-hybridized carbons (Fsp3) is 0.500. The lowest BCUT2D eigenvalue weighted by Gasteiger charge is -2.32. The van der Waals surface area contributed by atoms with Gasteiger partial charge in [-0.15, -0.1) is 0 Å². The van der Waals surface area contributed by atoms with Gasteiger partial charge in [-0.3, -0.25) is 4.79 Å². The summed E-state index contributed by atoms with van der Waals surface area (Å²) in [5.74, 6) is -0.138. The van der Waals surface area contributed by atoms with Crippen LogP contribution in [-0.4, -0.2) is 18.9 Å². The minimum absolute atomic E-state index is 0.118. The maximum atomic E-state index is 13.2. The third-order valence-electron chi connectivity index (χ3n) is 3.57. The number of halogens is 1. The molecule has 1 aromatic carbocycles. The summed E-state index contributed by atoms with van der Waals surface area (Å²) in [5.41, 5.74) is 0.806. The van der Waals surface area contributed by atoms with Crippen molar-refractivity contribution in [1.82, 2.24) is 5.32 Å². The highest BCUT2D eigenvalue weighted by Gasteiger charge is 2.35. The Kier molecular flexibility index (Phi) is 3.29. The van der Waals surface area contributed by atoms with Crippen LogP contribution in [0.2, 0.25) is 0 Å². The van der Waals surface area contributed by atoms with Crippen molar-refractivity contribution in [2.75, 3.05) is 13.1 Å². The molecule has 92 valence electrons. The summed E-state index contributed by atoms with van der Waals surface area (Å²) in [7, 11) is 0. The third kappa shape index (κ3) is 2.39. The van der Waals surface area contributed by atoms with Crippen LogP contribution in [-0.2, 0) is 0 Å². The summed E-state index contributed by atoms with van der Waals surface area (Å²) in [6.07, 6.45) is 1.91. The zero-order chi connectivity index (χ0) is 12.5.